The second kappa shape index (κ2) is 6.62. The first-order chi connectivity index (χ1) is 7.72. The highest BCUT2D eigenvalue weighted by atomic mass is 16.5. The van der Waals surface area contributed by atoms with Gasteiger partial charge in [-0.2, -0.15) is 0 Å². The van der Waals surface area contributed by atoms with Gasteiger partial charge in [0.15, 0.2) is 0 Å². The molecule has 0 aliphatic heterocycles. The maximum absolute atomic E-state index is 11.2. The van der Waals surface area contributed by atoms with Crippen molar-refractivity contribution in [3.63, 3.8) is 0 Å². The normalized spacial score (nSPS) is 9.81. The highest BCUT2D eigenvalue weighted by molar-refractivity contribution is 5.85. The molecule has 0 aliphatic rings. The third-order valence-electron chi connectivity index (χ3n) is 1.76. The summed E-state index contributed by atoms with van der Waals surface area (Å²) >= 11 is 0. The first kappa shape index (κ1) is 12.3. The number of hydrogen-bond donors (Lipinski definition) is 2. The van der Waals surface area contributed by atoms with Crippen molar-refractivity contribution < 1.29 is 18.7 Å². The molecule has 0 radical (unpaired) electrons. The van der Waals surface area contributed by atoms with Crippen LogP contribution in [0.3, 0.4) is 0 Å². The smallest absolute Gasteiger partial charge is 0.246 e. The molecule has 88 valence electrons. The molecule has 1 aromatic heterocycles. The van der Waals surface area contributed by atoms with E-state index in [0.29, 0.717) is 12.3 Å². The van der Waals surface area contributed by atoms with Crippen molar-refractivity contribution in [1.82, 2.24) is 10.6 Å². The number of carbonyl (C=O) groups is 2. The third-order valence-corrected chi connectivity index (χ3v) is 1.76. The van der Waals surface area contributed by atoms with Crippen LogP contribution in [0.15, 0.2) is 22.8 Å². The maximum Gasteiger partial charge on any atom is 0.246 e. The third kappa shape index (κ3) is 4.61. The Kier molecular flexibility index (Phi) is 5.07. The van der Waals surface area contributed by atoms with E-state index in [1.807, 2.05) is 0 Å². The average Bonchev–Trinajstić information content (AvgIpc) is 2.77. The van der Waals surface area contributed by atoms with E-state index in [0.717, 1.165) is 0 Å². The number of carbonyl (C=O) groups excluding carboxylic acids is 2. The van der Waals surface area contributed by atoms with E-state index in [9.17, 15) is 9.59 Å². The molecular weight excluding hydrogens is 212 g/mol. The molecule has 2 N–H and O–H groups in total. The zero-order valence-corrected chi connectivity index (χ0v) is 8.99. The van der Waals surface area contributed by atoms with Crippen LogP contribution in [0.25, 0.3) is 0 Å². The molecule has 6 heteroatoms. The molecule has 0 spiro atoms. The number of ether oxygens (including phenoxy) is 1. The maximum atomic E-state index is 11.2. The van der Waals surface area contributed by atoms with Gasteiger partial charge in [-0.05, 0) is 12.1 Å². The fourth-order valence-electron chi connectivity index (χ4n) is 1.02. The molecule has 0 bridgehead atoms. The molecule has 0 aromatic carbocycles. The van der Waals surface area contributed by atoms with Crippen LogP contribution in [0.5, 0.6) is 0 Å². The number of methoxy groups -OCH3 is 1. The van der Waals surface area contributed by atoms with Gasteiger partial charge >= 0.3 is 0 Å². The molecule has 0 fully saturated rings. The van der Waals surface area contributed by atoms with Gasteiger partial charge in [-0.15, -0.1) is 0 Å². The summed E-state index contributed by atoms with van der Waals surface area (Å²) in [5, 5.41) is 5.00. The van der Waals surface area contributed by atoms with E-state index < -0.39 is 0 Å². The van der Waals surface area contributed by atoms with E-state index in [1.165, 1.54) is 13.4 Å². The van der Waals surface area contributed by atoms with E-state index in [2.05, 4.69) is 15.4 Å². The van der Waals surface area contributed by atoms with Crippen molar-refractivity contribution in [2.45, 2.75) is 6.54 Å². The number of hydrogen-bond acceptors (Lipinski definition) is 4. The molecule has 0 aliphatic carbocycles. The van der Waals surface area contributed by atoms with Crippen molar-refractivity contribution in [3.8, 4) is 0 Å². The molecule has 1 heterocycles. The summed E-state index contributed by atoms with van der Waals surface area (Å²) in [4.78, 5) is 22.2. The molecule has 1 aromatic rings. The van der Waals surface area contributed by atoms with Gasteiger partial charge in [0.2, 0.25) is 11.8 Å². The largest absolute Gasteiger partial charge is 0.467 e. The molecule has 0 saturated carbocycles. The minimum atomic E-state index is -0.323. The van der Waals surface area contributed by atoms with Gasteiger partial charge in [0.05, 0.1) is 19.4 Å². The molecule has 16 heavy (non-hydrogen) atoms. The lowest BCUT2D eigenvalue weighted by molar-refractivity contribution is -0.128. The molecule has 0 atom stereocenters. The Morgan fingerprint density at radius 1 is 1.38 bits per heavy atom. The lowest BCUT2D eigenvalue weighted by Gasteiger charge is -2.05. The van der Waals surface area contributed by atoms with E-state index in [1.54, 1.807) is 12.1 Å². The Morgan fingerprint density at radius 2 is 2.19 bits per heavy atom. The van der Waals surface area contributed by atoms with Crippen LogP contribution in [0.1, 0.15) is 5.76 Å². The summed E-state index contributed by atoms with van der Waals surface area (Å²) in [5.74, 6) is 0.0630. The van der Waals surface area contributed by atoms with Gasteiger partial charge in [-0.3, -0.25) is 9.59 Å². The number of furan rings is 1. The SMILES string of the molecule is COCC(=O)NCC(=O)NCc1ccco1. The molecule has 0 unspecified atom stereocenters. The topological polar surface area (TPSA) is 80.6 Å². The predicted molar refractivity (Wildman–Crippen MR) is 55.4 cm³/mol. The van der Waals surface area contributed by atoms with Crippen LogP contribution in [0.4, 0.5) is 0 Å². The minimum Gasteiger partial charge on any atom is -0.467 e. The van der Waals surface area contributed by atoms with Crippen molar-refractivity contribution in [2.24, 2.45) is 0 Å². The second-order valence-corrected chi connectivity index (χ2v) is 3.07. The number of nitrogens with one attached hydrogen (secondary N) is 2. The summed E-state index contributed by atoms with van der Waals surface area (Å²) in [6, 6.07) is 3.49. The molecule has 6 nitrogen and oxygen atoms in total. The Bertz CT molecular complexity index is 335. The van der Waals surface area contributed by atoms with Gasteiger partial charge in [0.25, 0.3) is 0 Å². The second-order valence-electron chi connectivity index (χ2n) is 3.07. The van der Waals surface area contributed by atoms with E-state index in [4.69, 9.17) is 4.42 Å². The van der Waals surface area contributed by atoms with Crippen molar-refractivity contribution in [2.75, 3.05) is 20.3 Å². The van der Waals surface area contributed by atoms with Crippen molar-refractivity contribution in [1.29, 1.82) is 0 Å². The summed E-state index contributed by atoms with van der Waals surface area (Å²) in [7, 11) is 1.41. The fraction of sp³-hybridized carbons (Fsp3) is 0.400. The first-order valence-electron chi connectivity index (χ1n) is 4.77. The van der Waals surface area contributed by atoms with Crippen molar-refractivity contribution in [3.05, 3.63) is 24.2 Å². The molecular formula is C10H14N2O4. The number of rotatable bonds is 6. The van der Waals surface area contributed by atoms with Crippen LogP contribution in [0, 0.1) is 0 Å². The summed E-state index contributed by atoms with van der Waals surface area (Å²) in [6.45, 7) is 0.195. The average molecular weight is 226 g/mol. The van der Waals surface area contributed by atoms with Gasteiger partial charge in [-0.25, -0.2) is 0 Å². The van der Waals surface area contributed by atoms with Crippen molar-refractivity contribution >= 4 is 11.8 Å². The lowest BCUT2D eigenvalue weighted by Crippen LogP contribution is -2.37. The Hall–Kier alpha value is -1.82. The number of amides is 2. The van der Waals surface area contributed by atoms with Gasteiger partial charge < -0.3 is 19.8 Å². The van der Waals surface area contributed by atoms with Crippen LogP contribution in [-0.2, 0) is 20.9 Å². The molecule has 0 saturated heterocycles. The summed E-state index contributed by atoms with van der Waals surface area (Å²) < 4.78 is 9.62. The van der Waals surface area contributed by atoms with E-state index in [-0.39, 0.29) is 25.0 Å². The molecule has 1 rings (SSSR count). The highest BCUT2D eigenvalue weighted by Crippen LogP contribution is 1.97. The highest BCUT2D eigenvalue weighted by Gasteiger charge is 2.05. The van der Waals surface area contributed by atoms with E-state index >= 15 is 0 Å². The summed E-state index contributed by atoms with van der Waals surface area (Å²) in [6.07, 6.45) is 1.53. The monoisotopic (exact) mass is 226 g/mol. The Balaban J connectivity index is 2.14. The zero-order chi connectivity index (χ0) is 11.8. The predicted octanol–water partition coefficient (Wildman–Crippen LogP) is -0.342. The molecule has 2 amide bonds. The van der Waals surface area contributed by atoms with Crippen LogP contribution >= 0.6 is 0 Å². The van der Waals surface area contributed by atoms with Crippen LogP contribution in [0.2, 0.25) is 0 Å². The standard InChI is InChI=1S/C10H14N2O4/c1-15-7-10(14)12-6-9(13)11-5-8-3-2-4-16-8/h2-4H,5-7H2,1H3,(H,11,13)(H,12,14). The first-order valence-corrected chi connectivity index (χ1v) is 4.77. The van der Waals surface area contributed by atoms with Crippen LogP contribution in [-0.4, -0.2) is 32.1 Å². The van der Waals surface area contributed by atoms with Gasteiger partial charge in [-0.1, -0.05) is 0 Å². The quantitative estimate of drug-likeness (QED) is 0.695. The minimum absolute atomic E-state index is 0.0501. The zero-order valence-electron chi connectivity index (χ0n) is 8.99. The Morgan fingerprint density at radius 3 is 2.81 bits per heavy atom. The Labute approximate surface area is 93.0 Å². The lowest BCUT2D eigenvalue weighted by atomic mass is 10.4. The van der Waals surface area contributed by atoms with Gasteiger partial charge in [0, 0.05) is 7.11 Å². The fourth-order valence-corrected chi connectivity index (χ4v) is 1.02. The van der Waals surface area contributed by atoms with Crippen LogP contribution < -0.4 is 10.6 Å². The van der Waals surface area contributed by atoms with Gasteiger partial charge in [0.1, 0.15) is 12.4 Å². The summed E-state index contributed by atoms with van der Waals surface area (Å²) in [5.41, 5.74) is 0.